The minimum atomic E-state index is -0.379. The molecule has 0 fully saturated rings. The van der Waals surface area contributed by atoms with E-state index in [-0.39, 0.29) is 73.9 Å². The molecule has 7 N–H and O–H groups in total. The normalized spacial score (nSPS) is 11.0. The highest BCUT2D eigenvalue weighted by Gasteiger charge is 2.20. The summed E-state index contributed by atoms with van der Waals surface area (Å²) in [5, 5.41) is 6.67. The molecule has 0 spiro atoms. The molecule has 4 aromatic heterocycles. The topological polar surface area (TPSA) is 194 Å². The minimum absolute atomic E-state index is 0. The van der Waals surface area contributed by atoms with E-state index in [2.05, 4.69) is 34.9 Å². The minimum Gasteiger partial charge on any atom is -0.371 e. The number of aromatic nitrogens is 6. The summed E-state index contributed by atoms with van der Waals surface area (Å²) in [5.74, 6) is 0.448. The number of hydrogen-bond donors (Lipinski definition) is 4. The second-order valence-corrected chi connectivity index (χ2v) is 14.4. The van der Waals surface area contributed by atoms with Crippen molar-refractivity contribution in [2.45, 2.75) is 48.2 Å². The first-order chi connectivity index (χ1) is 29.3. The van der Waals surface area contributed by atoms with Crippen molar-refractivity contribution in [1.82, 2.24) is 29.1 Å². The molecule has 8 rings (SSSR count). The molecular weight excluding hydrogens is 871 g/mol. The van der Waals surface area contributed by atoms with Crippen LogP contribution in [0.25, 0.3) is 42.6 Å². The van der Waals surface area contributed by atoms with E-state index in [4.69, 9.17) is 65.1 Å². The summed E-state index contributed by atoms with van der Waals surface area (Å²) in [6.45, 7) is 17.7. The van der Waals surface area contributed by atoms with Gasteiger partial charge in [0.05, 0.1) is 40.0 Å². The highest BCUT2D eigenvalue weighted by atomic mass is 35.5. The van der Waals surface area contributed by atoms with Gasteiger partial charge in [-0.3, -0.25) is 18.7 Å². The molecule has 2 atom stereocenters. The Morgan fingerprint density at radius 1 is 0.625 bits per heavy atom. The van der Waals surface area contributed by atoms with E-state index >= 15 is 0 Å². The second-order valence-electron chi connectivity index (χ2n) is 13.2. The maximum atomic E-state index is 13.5. The number of para-hydroxylation sites is 2. The summed E-state index contributed by atoms with van der Waals surface area (Å²) < 4.78 is 3.26. The SMILES string of the molecule is C.C.C.C[C@H](N)c1cc2cccc(Cl)c2c(=O)n1-c1ccccc1.[C-]#[N+]c1cnc(N)nc1Cl.[C-]#[N+]c1cnc(N)nc1N[C@@H](C)c1cc2cccc(Cl)c2c(=O)n1-c1ccccc1. The summed E-state index contributed by atoms with van der Waals surface area (Å²) in [7, 11) is 0. The number of fused-ring (bicyclic) bond motifs is 2. The third-order valence-electron chi connectivity index (χ3n) is 9.11. The number of nitrogens with two attached hydrogens (primary N) is 3. The third kappa shape index (κ3) is 11.2. The number of hydrogen-bond acceptors (Lipinski definition) is 10. The lowest BCUT2D eigenvalue weighted by molar-refractivity contribution is 0.734. The Hall–Kier alpha value is -7.33. The van der Waals surface area contributed by atoms with Gasteiger partial charge in [0.25, 0.3) is 11.1 Å². The van der Waals surface area contributed by atoms with Crippen LogP contribution in [0.4, 0.5) is 29.1 Å². The monoisotopic (exact) mass is 916 g/mol. The Bertz CT molecular complexity index is 3090. The Balaban J connectivity index is 0.000000279. The molecule has 0 saturated heterocycles. The van der Waals surface area contributed by atoms with Gasteiger partial charge in [-0.15, -0.1) is 0 Å². The quantitative estimate of drug-likeness (QED) is 0.0921. The van der Waals surface area contributed by atoms with Gasteiger partial charge in [0.1, 0.15) is 11.0 Å². The number of pyridine rings is 2. The van der Waals surface area contributed by atoms with E-state index in [0.29, 0.717) is 38.0 Å². The van der Waals surface area contributed by atoms with Crippen LogP contribution >= 0.6 is 34.8 Å². The van der Waals surface area contributed by atoms with Gasteiger partial charge < -0.3 is 22.5 Å². The molecule has 0 aliphatic rings. The van der Waals surface area contributed by atoms with Crippen LogP contribution < -0.4 is 33.6 Å². The van der Waals surface area contributed by atoms with Crippen molar-refractivity contribution < 1.29 is 0 Å². The first-order valence-corrected chi connectivity index (χ1v) is 19.4. The van der Waals surface area contributed by atoms with Crippen molar-refractivity contribution in [3.63, 3.8) is 0 Å². The molecule has 0 unspecified atom stereocenters. The molecule has 0 radical (unpaired) electrons. The Labute approximate surface area is 386 Å². The van der Waals surface area contributed by atoms with Gasteiger partial charge in [-0.25, -0.2) is 29.6 Å². The van der Waals surface area contributed by atoms with E-state index in [0.717, 1.165) is 22.2 Å². The van der Waals surface area contributed by atoms with Gasteiger partial charge in [-0.1, -0.05) is 118 Å². The highest BCUT2D eigenvalue weighted by molar-refractivity contribution is 6.36. The number of halogens is 3. The number of benzene rings is 4. The lowest BCUT2D eigenvalue weighted by Crippen LogP contribution is -2.25. The van der Waals surface area contributed by atoms with Crippen molar-refractivity contribution >= 4 is 85.4 Å². The first-order valence-electron chi connectivity index (χ1n) is 18.3. The smallest absolute Gasteiger partial charge is 0.264 e. The summed E-state index contributed by atoms with van der Waals surface area (Å²) in [4.78, 5) is 48.0. The van der Waals surface area contributed by atoms with Gasteiger partial charge in [-0.2, -0.15) is 0 Å². The average molecular weight is 918 g/mol. The molecule has 8 aromatic rings. The molecule has 0 saturated carbocycles. The van der Waals surface area contributed by atoms with Crippen molar-refractivity contribution in [2.24, 2.45) is 5.73 Å². The third-order valence-corrected chi connectivity index (χ3v) is 10.0. The molecule has 0 bridgehead atoms. The highest BCUT2D eigenvalue weighted by Crippen LogP contribution is 2.30. The Morgan fingerprint density at radius 2 is 1.06 bits per heavy atom. The summed E-state index contributed by atoms with van der Waals surface area (Å²) in [5.41, 5.74) is 20.0. The average Bonchev–Trinajstić information content (AvgIpc) is 3.24. The standard InChI is InChI=1S/C22H17ClN6O.C17H15ClN2O.C5H3ClN4.3CH4/c1-13(27-20-17(25-2)12-26-22(24)28-20)18-11-14-7-6-10-16(23)19(14)21(30)29(18)15-8-4-3-5-9-15;1-11(19)15-10-12-6-5-9-14(18)16(12)17(21)20(15)13-7-3-2-4-8-13;1-8-3-2-9-5(7)10-4(3)6;;;/h3-13H,1H3,(H3,24,26,27,28);2-11H,19H2,1H3;2H,(H2,7,9,10);3*1H4/t13-;11-;;;;/m00..../s1. The van der Waals surface area contributed by atoms with E-state index in [1.807, 2.05) is 105 Å². The van der Waals surface area contributed by atoms with Crippen LogP contribution in [0.3, 0.4) is 0 Å². The predicted molar refractivity (Wildman–Crippen MR) is 264 cm³/mol. The number of anilines is 3. The van der Waals surface area contributed by atoms with Crippen molar-refractivity contribution in [2.75, 3.05) is 16.8 Å². The summed E-state index contributed by atoms with van der Waals surface area (Å²) >= 11 is 18.0. The number of nitrogens with one attached hydrogen (secondary N) is 1. The van der Waals surface area contributed by atoms with Crippen molar-refractivity contribution in [1.29, 1.82) is 0 Å². The molecule has 0 amide bonds. The molecular formula is C47H47Cl3N12O2. The number of nitrogen functional groups attached to an aromatic ring is 2. The van der Waals surface area contributed by atoms with Crippen LogP contribution in [0, 0.1) is 13.1 Å². The van der Waals surface area contributed by atoms with Crippen LogP contribution in [0.1, 0.15) is 59.6 Å². The number of rotatable bonds is 6. The zero-order valence-electron chi connectivity index (χ0n) is 32.5. The lowest BCUT2D eigenvalue weighted by atomic mass is 10.1. The van der Waals surface area contributed by atoms with Crippen LogP contribution in [0.15, 0.2) is 131 Å². The summed E-state index contributed by atoms with van der Waals surface area (Å²) in [6.07, 6.45) is 2.66. The molecule has 0 aliphatic heterocycles. The fraction of sp³-hybridized carbons (Fsp3) is 0.149. The van der Waals surface area contributed by atoms with Crippen LogP contribution in [-0.2, 0) is 0 Å². The van der Waals surface area contributed by atoms with Crippen LogP contribution in [0.5, 0.6) is 0 Å². The first kappa shape index (κ1) is 51.0. The van der Waals surface area contributed by atoms with E-state index in [1.165, 1.54) is 12.4 Å². The summed E-state index contributed by atoms with van der Waals surface area (Å²) in [6, 6.07) is 32.8. The molecule has 0 aliphatic carbocycles. The van der Waals surface area contributed by atoms with Crippen molar-refractivity contribution in [3.8, 4) is 11.4 Å². The molecule has 328 valence electrons. The lowest BCUT2D eigenvalue weighted by Gasteiger charge is -2.22. The Morgan fingerprint density at radius 3 is 1.52 bits per heavy atom. The molecule has 4 heterocycles. The molecule has 17 heteroatoms. The molecule has 14 nitrogen and oxygen atoms in total. The van der Waals surface area contributed by atoms with Gasteiger partial charge in [0.15, 0.2) is 0 Å². The zero-order valence-corrected chi connectivity index (χ0v) is 34.7. The molecule has 64 heavy (non-hydrogen) atoms. The maximum absolute atomic E-state index is 13.5. The predicted octanol–water partition coefficient (Wildman–Crippen LogP) is 11.6. The van der Waals surface area contributed by atoms with Gasteiger partial charge in [0, 0.05) is 41.2 Å². The number of nitrogens with zero attached hydrogens (tertiary/aromatic N) is 8. The van der Waals surface area contributed by atoms with Gasteiger partial charge in [0.2, 0.25) is 23.3 Å². The zero-order chi connectivity index (χ0) is 43.8. The Kier molecular flexibility index (Phi) is 18.1. The van der Waals surface area contributed by atoms with Gasteiger partial charge in [-0.05, 0) is 73.2 Å². The van der Waals surface area contributed by atoms with Crippen LogP contribution in [-0.4, -0.2) is 29.1 Å². The second kappa shape index (κ2) is 22.7. The molecule has 4 aromatic carbocycles. The van der Waals surface area contributed by atoms with E-state index < -0.39 is 0 Å². The van der Waals surface area contributed by atoms with E-state index in [9.17, 15) is 9.59 Å². The maximum Gasteiger partial charge on any atom is 0.264 e. The largest absolute Gasteiger partial charge is 0.371 e. The van der Waals surface area contributed by atoms with Crippen molar-refractivity contribution in [3.05, 3.63) is 192 Å². The van der Waals surface area contributed by atoms with E-state index in [1.54, 1.807) is 27.3 Å². The van der Waals surface area contributed by atoms with Crippen LogP contribution in [0.2, 0.25) is 15.2 Å². The fourth-order valence-corrected chi connectivity index (χ4v) is 7.02. The van der Waals surface area contributed by atoms with Gasteiger partial charge >= 0.3 is 0 Å². The fourth-order valence-electron chi connectivity index (χ4n) is 6.32.